The van der Waals surface area contributed by atoms with Crippen LogP contribution in [0.15, 0.2) is 24.3 Å². The van der Waals surface area contributed by atoms with Gasteiger partial charge in [0.1, 0.15) is 11.6 Å². The number of aromatic nitrogens is 1. The zero-order valence-corrected chi connectivity index (χ0v) is 9.54. The molecule has 2 rings (SSSR count). The lowest BCUT2D eigenvalue weighted by atomic mass is 10.1. The maximum Gasteiger partial charge on any atom is 0.136 e. The molecule has 0 saturated heterocycles. The fourth-order valence-corrected chi connectivity index (χ4v) is 1.83. The van der Waals surface area contributed by atoms with Crippen LogP contribution in [0.1, 0.15) is 5.56 Å². The summed E-state index contributed by atoms with van der Waals surface area (Å²) in [6.45, 7) is 0.854. The average Bonchev–Trinajstić information content (AvgIpc) is 2.27. The van der Waals surface area contributed by atoms with Gasteiger partial charge in [-0.3, -0.25) is 0 Å². The fourth-order valence-electron chi connectivity index (χ4n) is 1.83. The van der Waals surface area contributed by atoms with Gasteiger partial charge in [-0.15, -0.1) is 0 Å². The van der Waals surface area contributed by atoms with Crippen molar-refractivity contribution in [1.29, 1.82) is 0 Å². The van der Waals surface area contributed by atoms with Gasteiger partial charge >= 0.3 is 0 Å². The largest absolute Gasteiger partial charge is 0.384 e. The lowest BCUT2D eigenvalue weighted by Crippen LogP contribution is -2.05. The van der Waals surface area contributed by atoms with E-state index in [0.717, 1.165) is 23.1 Å². The smallest absolute Gasteiger partial charge is 0.136 e. The van der Waals surface area contributed by atoms with Gasteiger partial charge in [-0.25, -0.2) is 4.98 Å². The van der Waals surface area contributed by atoms with Crippen molar-refractivity contribution in [1.82, 2.24) is 10.3 Å². The molecule has 0 amide bonds. The predicted octanol–water partition coefficient (Wildman–Crippen LogP) is 1.58. The van der Waals surface area contributed by atoms with Gasteiger partial charge in [0.05, 0.1) is 0 Å². The standard InChI is InChI=1S/C12H16N4/c1-14-7-8-3-4-10-9(5-8)6-11(13)16-12(10)15-2/h3-6,14H,7H2,1-2H3,(H3,13,15,16). The maximum absolute atomic E-state index is 5.76. The lowest BCUT2D eigenvalue weighted by molar-refractivity contribution is 0.819. The molecule has 84 valence electrons. The highest BCUT2D eigenvalue weighted by atomic mass is 15.0. The molecule has 0 spiro atoms. The molecule has 0 aliphatic heterocycles. The summed E-state index contributed by atoms with van der Waals surface area (Å²) in [6, 6.07) is 8.19. The van der Waals surface area contributed by atoms with Gasteiger partial charge in [-0.05, 0) is 30.1 Å². The van der Waals surface area contributed by atoms with Crippen molar-refractivity contribution in [3.8, 4) is 0 Å². The summed E-state index contributed by atoms with van der Waals surface area (Å²) in [5.74, 6) is 1.37. The van der Waals surface area contributed by atoms with E-state index in [1.165, 1.54) is 5.56 Å². The van der Waals surface area contributed by atoms with E-state index in [-0.39, 0.29) is 0 Å². The highest BCUT2D eigenvalue weighted by Gasteiger charge is 2.03. The molecule has 0 atom stereocenters. The second kappa shape index (κ2) is 4.37. The number of pyridine rings is 1. The Morgan fingerprint density at radius 3 is 2.75 bits per heavy atom. The Hall–Kier alpha value is -1.81. The molecule has 0 unspecified atom stereocenters. The third kappa shape index (κ3) is 1.92. The minimum Gasteiger partial charge on any atom is -0.384 e. The topological polar surface area (TPSA) is 63.0 Å². The number of nitrogen functional groups attached to an aromatic ring is 1. The summed E-state index contributed by atoms with van der Waals surface area (Å²) < 4.78 is 0. The van der Waals surface area contributed by atoms with E-state index >= 15 is 0 Å². The molecule has 0 aliphatic carbocycles. The van der Waals surface area contributed by atoms with Crippen molar-refractivity contribution < 1.29 is 0 Å². The Labute approximate surface area is 94.9 Å². The second-order valence-corrected chi connectivity index (χ2v) is 3.73. The zero-order valence-electron chi connectivity index (χ0n) is 9.54. The quantitative estimate of drug-likeness (QED) is 0.729. The molecular formula is C12H16N4. The second-order valence-electron chi connectivity index (χ2n) is 3.73. The number of anilines is 2. The Balaban J connectivity index is 2.60. The normalized spacial score (nSPS) is 10.6. The van der Waals surface area contributed by atoms with Crippen LogP contribution in [0.5, 0.6) is 0 Å². The van der Waals surface area contributed by atoms with Crippen molar-refractivity contribution in [3.63, 3.8) is 0 Å². The van der Waals surface area contributed by atoms with Crippen molar-refractivity contribution in [3.05, 3.63) is 29.8 Å². The van der Waals surface area contributed by atoms with Gasteiger partial charge in [-0.2, -0.15) is 0 Å². The number of fused-ring (bicyclic) bond motifs is 1. The summed E-state index contributed by atoms with van der Waals surface area (Å²) in [5.41, 5.74) is 7.00. The molecule has 0 fully saturated rings. The molecule has 4 heteroatoms. The minimum absolute atomic E-state index is 0.540. The van der Waals surface area contributed by atoms with Gasteiger partial charge in [0.15, 0.2) is 0 Å². The van der Waals surface area contributed by atoms with Crippen LogP contribution in [0.25, 0.3) is 10.8 Å². The predicted molar refractivity (Wildman–Crippen MR) is 68.5 cm³/mol. The van der Waals surface area contributed by atoms with Gasteiger partial charge < -0.3 is 16.4 Å². The first-order chi connectivity index (χ1) is 7.74. The number of hydrogen-bond donors (Lipinski definition) is 3. The molecule has 2 aromatic rings. The van der Waals surface area contributed by atoms with Crippen LogP contribution in [0.3, 0.4) is 0 Å². The van der Waals surface area contributed by atoms with Gasteiger partial charge in [0.25, 0.3) is 0 Å². The van der Waals surface area contributed by atoms with Crippen LogP contribution in [-0.4, -0.2) is 19.1 Å². The lowest BCUT2D eigenvalue weighted by Gasteiger charge is -2.08. The molecule has 1 aromatic carbocycles. The molecule has 0 radical (unpaired) electrons. The van der Waals surface area contributed by atoms with Crippen molar-refractivity contribution in [2.75, 3.05) is 25.1 Å². The van der Waals surface area contributed by atoms with E-state index in [4.69, 9.17) is 5.73 Å². The van der Waals surface area contributed by atoms with Gasteiger partial charge in [0.2, 0.25) is 0 Å². The number of hydrogen-bond acceptors (Lipinski definition) is 4. The summed E-state index contributed by atoms with van der Waals surface area (Å²) in [4.78, 5) is 4.25. The Morgan fingerprint density at radius 1 is 1.25 bits per heavy atom. The molecule has 4 nitrogen and oxygen atoms in total. The molecule has 0 aliphatic rings. The fraction of sp³-hybridized carbons (Fsp3) is 0.250. The first-order valence-electron chi connectivity index (χ1n) is 5.26. The number of nitrogens with one attached hydrogen (secondary N) is 2. The summed E-state index contributed by atoms with van der Waals surface area (Å²) in [7, 11) is 3.78. The Bertz CT molecular complexity index is 508. The van der Waals surface area contributed by atoms with Crippen LogP contribution in [0.4, 0.5) is 11.6 Å². The molecule has 0 saturated carbocycles. The Morgan fingerprint density at radius 2 is 2.06 bits per heavy atom. The maximum atomic E-state index is 5.76. The number of nitrogens with two attached hydrogens (primary N) is 1. The highest BCUT2D eigenvalue weighted by Crippen LogP contribution is 2.24. The van der Waals surface area contributed by atoms with E-state index in [9.17, 15) is 0 Å². The van der Waals surface area contributed by atoms with Gasteiger partial charge in [-0.1, -0.05) is 12.1 Å². The van der Waals surface area contributed by atoms with Crippen LogP contribution in [-0.2, 0) is 6.54 Å². The highest BCUT2D eigenvalue weighted by molar-refractivity contribution is 5.93. The van der Waals surface area contributed by atoms with E-state index < -0.39 is 0 Å². The number of benzene rings is 1. The van der Waals surface area contributed by atoms with E-state index in [2.05, 4.69) is 33.8 Å². The van der Waals surface area contributed by atoms with Crippen LogP contribution >= 0.6 is 0 Å². The first kappa shape index (κ1) is 10.7. The average molecular weight is 216 g/mol. The van der Waals surface area contributed by atoms with E-state index in [1.54, 1.807) is 0 Å². The van der Waals surface area contributed by atoms with Crippen molar-refractivity contribution in [2.45, 2.75) is 6.54 Å². The third-order valence-corrected chi connectivity index (χ3v) is 2.53. The summed E-state index contributed by atoms with van der Waals surface area (Å²) in [6.07, 6.45) is 0. The van der Waals surface area contributed by atoms with E-state index in [1.807, 2.05) is 20.2 Å². The molecule has 0 bridgehead atoms. The Kier molecular flexibility index (Phi) is 2.92. The van der Waals surface area contributed by atoms with Crippen molar-refractivity contribution >= 4 is 22.4 Å². The van der Waals surface area contributed by atoms with Crippen LogP contribution in [0.2, 0.25) is 0 Å². The van der Waals surface area contributed by atoms with Crippen LogP contribution < -0.4 is 16.4 Å². The summed E-state index contributed by atoms with van der Waals surface area (Å²) >= 11 is 0. The zero-order chi connectivity index (χ0) is 11.5. The first-order valence-corrected chi connectivity index (χ1v) is 5.26. The van der Waals surface area contributed by atoms with Crippen LogP contribution in [0, 0.1) is 0 Å². The molecule has 4 N–H and O–H groups in total. The number of rotatable bonds is 3. The molecule has 16 heavy (non-hydrogen) atoms. The van der Waals surface area contributed by atoms with Gasteiger partial charge in [0, 0.05) is 19.0 Å². The van der Waals surface area contributed by atoms with Crippen molar-refractivity contribution in [2.24, 2.45) is 0 Å². The summed E-state index contributed by atoms with van der Waals surface area (Å²) in [5, 5.41) is 8.39. The molecule has 1 heterocycles. The number of nitrogens with zero attached hydrogens (tertiary/aromatic N) is 1. The monoisotopic (exact) mass is 216 g/mol. The van der Waals surface area contributed by atoms with E-state index in [0.29, 0.717) is 5.82 Å². The third-order valence-electron chi connectivity index (χ3n) is 2.53. The molecular weight excluding hydrogens is 200 g/mol. The minimum atomic E-state index is 0.540. The SMILES string of the molecule is CNCc1ccc2c(NC)nc(N)cc2c1. The molecule has 1 aromatic heterocycles.